The van der Waals surface area contributed by atoms with Crippen molar-refractivity contribution in [1.82, 2.24) is 49.4 Å². The molecule has 10 heteroatoms. The van der Waals surface area contributed by atoms with Gasteiger partial charge in [0.2, 0.25) is 0 Å². The zero-order valence-corrected chi connectivity index (χ0v) is 72.2. The Hall–Kier alpha value is -18.0. The topological polar surface area (TPSA) is 121 Å². The number of hydrogen-bond donors (Lipinski definition) is 0. The predicted octanol–water partition coefficient (Wildman–Crippen LogP) is 33.2. The number of hydrogen-bond acceptors (Lipinski definition) is 9. The van der Waals surface area contributed by atoms with Crippen LogP contribution in [0.4, 0.5) is 0 Å². The fourth-order valence-corrected chi connectivity index (χ4v) is 19.0. The average Bonchev–Trinajstić information content (AvgIpc) is 1.49. The van der Waals surface area contributed by atoms with Crippen molar-refractivity contribution < 1.29 is 0 Å². The van der Waals surface area contributed by atoms with Gasteiger partial charge in [0.1, 0.15) is 12.2 Å². The molecule has 0 saturated carbocycles. The summed E-state index contributed by atoms with van der Waals surface area (Å²) in [6.45, 7) is 0. The van der Waals surface area contributed by atoms with Gasteiger partial charge in [0.05, 0.1) is 56.4 Å². The molecular weight excluding hydrogens is 1650 g/mol. The van der Waals surface area contributed by atoms with E-state index in [2.05, 4.69) is 382 Å². The van der Waals surface area contributed by atoms with E-state index < -0.39 is 0 Å². The lowest BCUT2D eigenvalue weighted by Crippen LogP contribution is -1.99. The van der Waals surface area contributed by atoms with Crippen LogP contribution in [0.2, 0.25) is 0 Å². The fraction of sp³-hybridized carbons (Fsp3) is 0.0238. The second-order valence-corrected chi connectivity index (χ2v) is 33.0. The van der Waals surface area contributed by atoms with Crippen LogP contribution < -0.4 is 0 Å². The van der Waals surface area contributed by atoms with Crippen molar-refractivity contribution in [2.45, 2.75) is 22.3 Å². The molecule has 25 aromatic rings. The van der Waals surface area contributed by atoms with Gasteiger partial charge in [-0.2, -0.15) is 0 Å². The molecule has 0 aliphatic heterocycles. The van der Waals surface area contributed by atoms with E-state index in [1.165, 1.54) is 98.2 Å². The number of fused-ring (bicyclic) bond motifs is 9. The highest BCUT2D eigenvalue weighted by atomic mass is 15.1. The molecule has 17 aromatic carbocycles. The van der Waals surface area contributed by atoms with Gasteiger partial charge < -0.3 is 0 Å². The van der Waals surface area contributed by atoms with Crippen molar-refractivity contribution in [1.29, 1.82) is 0 Å². The van der Waals surface area contributed by atoms with Crippen molar-refractivity contribution in [3.8, 4) is 152 Å². The Morgan fingerprint density at radius 3 is 1.03 bits per heavy atom. The third-order valence-electron chi connectivity index (χ3n) is 25.1. The first-order chi connectivity index (χ1) is 66.0. The summed E-state index contributed by atoms with van der Waals surface area (Å²) >= 11 is 0. The summed E-state index contributed by atoms with van der Waals surface area (Å²) in [6.07, 6.45) is 12.8. The lowest BCUT2D eigenvalue weighted by molar-refractivity contribution is 1.10. The molecule has 8 heterocycles. The molecule has 10 nitrogen and oxygen atoms in total. The molecule has 8 aromatic heterocycles. The first-order valence-electron chi connectivity index (χ1n) is 44.7. The smallest absolute Gasteiger partial charge is 0.145 e. The number of rotatable bonds is 14. The summed E-state index contributed by atoms with van der Waals surface area (Å²) in [5.74, 6) is 0.927. The number of para-hydroxylation sites is 1. The molecule has 25 rings (SSSR count). The van der Waals surface area contributed by atoms with Crippen molar-refractivity contribution in [2.75, 3.05) is 0 Å². The highest BCUT2D eigenvalue weighted by Gasteiger charge is 2.27. The molecule has 646 valence electrons. The Bertz CT molecular complexity index is 8570. The van der Waals surface area contributed by atoms with Crippen LogP contribution in [0.5, 0.6) is 0 Å². The van der Waals surface area contributed by atoms with Gasteiger partial charge in [-0.3, -0.25) is 29.5 Å². The van der Waals surface area contributed by atoms with Crippen LogP contribution in [-0.4, -0.2) is 49.4 Å². The van der Waals surface area contributed by atoms with Gasteiger partial charge >= 0.3 is 0 Å². The molecule has 0 atom stereocenters. The average molecular weight is 1750 g/mol. The minimum atomic E-state index is 0. The summed E-state index contributed by atoms with van der Waals surface area (Å²) in [7, 11) is 0. The van der Waals surface area contributed by atoms with Crippen LogP contribution in [0.1, 0.15) is 22.3 Å². The van der Waals surface area contributed by atoms with Crippen LogP contribution in [0.15, 0.2) is 486 Å². The summed E-state index contributed by atoms with van der Waals surface area (Å²) in [5.41, 5.74) is 30.4. The van der Waals surface area contributed by atoms with Gasteiger partial charge in [0.25, 0.3) is 0 Å². The minimum absolute atomic E-state index is 0. The Balaban J connectivity index is 0.000000125. The number of pyridine rings is 6. The molecule has 0 bridgehead atoms. The number of benzene rings is 17. The molecule has 0 N–H and O–H groups in total. The number of imidazole rings is 1. The number of nitrogens with zero attached hydrogens (tertiary/aromatic N) is 10. The summed E-state index contributed by atoms with van der Waals surface area (Å²) in [4.78, 5) is 42.6. The quantitative estimate of drug-likeness (QED) is 0.0774. The predicted molar refractivity (Wildman–Crippen MR) is 570 cm³/mol. The second kappa shape index (κ2) is 38.2. The zero-order valence-electron chi connectivity index (χ0n) is 72.2. The van der Waals surface area contributed by atoms with Gasteiger partial charge in [-0.05, 0) is 229 Å². The lowest BCUT2D eigenvalue weighted by Gasteiger charge is -2.19. The second-order valence-electron chi connectivity index (χ2n) is 33.0. The highest BCUT2D eigenvalue weighted by Crippen LogP contribution is 2.50. The third kappa shape index (κ3) is 16.5. The van der Waals surface area contributed by atoms with E-state index in [1.807, 2.05) is 110 Å². The van der Waals surface area contributed by atoms with E-state index in [9.17, 15) is 0 Å². The van der Waals surface area contributed by atoms with Crippen molar-refractivity contribution in [2.24, 2.45) is 0 Å². The molecule has 0 unspecified atom stereocenters. The monoisotopic (exact) mass is 1740 g/mol. The molecule has 0 aliphatic rings. The maximum Gasteiger partial charge on any atom is 0.145 e. The molecule has 0 fully saturated rings. The van der Waals surface area contributed by atoms with Crippen LogP contribution >= 0.6 is 0 Å². The number of aromatic nitrogens is 10. The molecule has 136 heavy (non-hydrogen) atoms. The van der Waals surface area contributed by atoms with Crippen molar-refractivity contribution in [3.05, 3.63) is 486 Å². The fourth-order valence-electron chi connectivity index (χ4n) is 19.0. The minimum Gasteiger partial charge on any atom is -0.292 e. The Morgan fingerprint density at radius 2 is 0.537 bits per heavy atom. The van der Waals surface area contributed by atoms with E-state index in [0.717, 1.165) is 140 Å². The van der Waals surface area contributed by atoms with Crippen LogP contribution in [0, 0.1) is 0 Å². The molecular formula is C126H92N10. The summed E-state index contributed by atoms with van der Waals surface area (Å²) < 4.78 is 2.37. The standard InChI is InChI=1S/C44H28N2.C43H28N2.C36H24N6.3CH4/c1-3-13-29(14-4-1)40-35-19-9-11-21-37(35)41(38-22-12-10-20-36(38)40)31-23-25-32(26-24-31)42-34-18-8-7-17-33(34)39-27-45-28-46-44(39)43(42)30-15-5-2-6-16-30;1-3-15-31(16-4-1)43-44-41-39(34-25-23-29-13-7-9-17-32(29)27-34)37-21-11-12-22-38(37)40(42(41)45(43)36-19-5-2-6-20-36)35-26-24-30-14-8-10-18-33(30)28-35;1-4-17-37-30(8-1)29-21-27(25-13-15-33(40-23-25)31-9-2-5-18-38-31)20-28(22-29)26-14-16-34(41-24-26)36-12-7-11-35(42-36)32-10-3-6-19-39-32;;;/h1-28H;1-28H;1-24H;3*1H4. The SMILES string of the molecule is C.C.C.c1ccc(-c2c3ccccc3c(-c3ccc(-c4c(-c5ccccc5)c5ncncc5c5ccccc45)cc3)c3ccccc23)cc1.c1ccc(-c2cc(-c3ccc(-c4ccccn4)nc3)cc(-c3ccc(-c4cccc(-c5ccccn5)n4)nc3)c2)nc1.c1ccc(-c2nc3c(-c4ccc5ccccc5c4)c4ccccc4c(-c4ccc5ccccc5c4)c3n2-c2ccccc2)cc1. The van der Waals surface area contributed by atoms with E-state index in [1.54, 1.807) is 18.7 Å². The Kier molecular flexibility index (Phi) is 24.2. The largest absolute Gasteiger partial charge is 0.292 e. The Morgan fingerprint density at radius 1 is 0.176 bits per heavy atom. The maximum absolute atomic E-state index is 5.58. The first-order valence-corrected chi connectivity index (χ1v) is 44.7. The maximum atomic E-state index is 5.58. The molecule has 0 saturated heterocycles. The van der Waals surface area contributed by atoms with Crippen molar-refractivity contribution in [3.63, 3.8) is 0 Å². The van der Waals surface area contributed by atoms with Crippen LogP contribution in [-0.2, 0) is 0 Å². The molecule has 0 radical (unpaired) electrons. The van der Waals surface area contributed by atoms with Gasteiger partial charge in [-0.1, -0.05) is 362 Å². The van der Waals surface area contributed by atoms with E-state index in [-0.39, 0.29) is 22.3 Å². The molecule has 0 spiro atoms. The van der Waals surface area contributed by atoms with Gasteiger partial charge in [0.15, 0.2) is 0 Å². The summed E-state index contributed by atoms with van der Waals surface area (Å²) in [6, 6.07) is 156. The van der Waals surface area contributed by atoms with Gasteiger partial charge in [-0.15, -0.1) is 0 Å². The first kappa shape index (κ1) is 86.1. The zero-order chi connectivity index (χ0) is 88.3. The van der Waals surface area contributed by atoms with E-state index >= 15 is 0 Å². The normalized spacial score (nSPS) is 11.1. The van der Waals surface area contributed by atoms with E-state index in [0.29, 0.717) is 0 Å². The van der Waals surface area contributed by atoms with Crippen LogP contribution in [0.3, 0.4) is 0 Å². The third-order valence-corrected chi connectivity index (χ3v) is 25.1. The van der Waals surface area contributed by atoms with Gasteiger partial charge in [-0.25, -0.2) is 19.9 Å². The Labute approximate surface area is 790 Å². The lowest BCUT2D eigenvalue weighted by atomic mass is 9.84. The van der Waals surface area contributed by atoms with E-state index in [4.69, 9.17) is 24.9 Å². The summed E-state index contributed by atoms with van der Waals surface area (Å²) in [5, 5.41) is 15.8. The molecule has 0 aliphatic carbocycles. The van der Waals surface area contributed by atoms with Gasteiger partial charge in [0, 0.05) is 87.2 Å². The van der Waals surface area contributed by atoms with Crippen LogP contribution in [0.25, 0.3) is 238 Å². The molecule has 0 amide bonds. The highest BCUT2D eigenvalue weighted by molar-refractivity contribution is 6.24. The van der Waals surface area contributed by atoms with Crippen molar-refractivity contribution >= 4 is 86.6 Å².